The number of hydrogen-bond acceptors (Lipinski definition) is 2. The van der Waals surface area contributed by atoms with Crippen molar-refractivity contribution in [1.82, 2.24) is 5.32 Å². The minimum Gasteiger partial charge on any atom is -0.367 e. The number of benzene rings is 2. The van der Waals surface area contributed by atoms with Gasteiger partial charge >= 0.3 is 0 Å². The van der Waals surface area contributed by atoms with Crippen LogP contribution in [0.5, 0.6) is 0 Å². The maximum absolute atomic E-state index is 3.56. The molecule has 1 heterocycles. The Bertz CT molecular complexity index is 565. The molecule has 0 saturated carbocycles. The number of nitrogens with zero attached hydrogens (tertiary/aromatic N) is 1. The third-order valence-corrected chi connectivity index (χ3v) is 4.37. The van der Waals surface area contributed by atoms with Gasteiger partial charge in [-0.05, 0) is 37.0 Å². The lowest BCUT2D eigenvalue weighted by molar-refractivity contribution is 0.544. The highest BCUT2D eigenvalue weighted by Gasteiger charge is 2.21. The van der Waals surface area contributed by atoms with Crippen LogP contribution >= 0.6 is 0 Å². The van der Waals surface area contributed by atoms with Gasteiger partial charge in [0.1, 0.15) is 0 Å². The average Bonchev–Trinajstić information content (AvgIpc) is 2.54. The van der Waals surface area contributed by atoms with Gasteiger partial charge in [0.05, 0.1) is 0 Å². The summed E-state index contributed by atoms with van der Waals surface area (Å²) in [6.07, 6.45) is 2.47. The van der Waals surface area contributed by atoms with E-state index in [-0.39, 0.29) is 0 Å². The van der Waals surface area contributed by atoms with Gasteiger partial charge in [-0.15, -0.1) is 0 Å². The Balaban J connectivity index is 1.55. The fourth-order valence-corrected chi connectivity index (χ4v) is 3.13. The average molecular weight is 280 g/mol. The lowest BCUT2D eigenvalue weighted by atomic mass is 9.97. The SMILES string of the molecule is C[C@H]1CCc2ccccc2N1CCNCc1ccccc1. The Labute approximate surface area is 127 Å². The van der Waals surface area contributed by atoms with Gasteiger partial charge in [-0.3, -0.25) is 0 Å². The summed E-state index contributed by atoms with van der Waals surface area (Å²) in [5.41, 5.74) is 4.28. The lowest BCUT2D eigenvalue weighted by Crippen LogP contribution is -2.41. The van der Waals surface area contributed by atoms with Crippen LogP contribution in [0.1, 0.15) is 24.5 Å². The molecule has 0 aliphatic carbocycles. The lowest BCUT2D eigenvalue weighted by Gasteiger charge is -2.37. The van der Waals surface area contributed by atoms with Gasteiger partial charge in [-0.25, -0.2) is 0 Å². The van der Waals surface area contributed by atoms with Crippen LogP contribution in [-0.4, -0.2) is 19.1 Å². The van der Waals surface area contributed by atoms with Crippen molar-refractivity contribution in [3.05, 3.63) is 65.7 Å². The molecule has 2 nitrogen and oxygen atoms in total. The second-order valence-electron chi connectivity index (χ2n) is 5.87. The van der Waals surface area contributed by atoms with Gasteiger partial charge in [-0.2, -0.15) is 0 Å². The summed E-state index contributed by atoms with van der Waals surface area (Å²) in [5, 5.41) is 3.56. The molecule has 3 rings (SSSR count). The second kappa shape index (κ2) is 6.77. The number of para-hydroxylation sites is 1. The van der Waals surface area contributed by atoms with Crippen molar-refractivity contribution >= 4 is 5.69 Å². The molecule has 2 aromatic rings. The Morgan fingerprint density at radius 2 is 1.81 bits per heavy atom. The topological polar surface area (TPSA) is 15.3 Å². The zero-order valence-electron chi connectivity index (χ0n) is 12.8. The number of anilines is 1. The first-order valence-electron chi connectivity index (χ1n) is 7.94. The van der Waals surface area contributed by atoms with Crippen molar-refractivity contribution < 1.29 is 0 Å². The zero-order valence-corrected chi connectivity index (χ0v) is 12.8. The van der Waals surface area contributed by atoms with Crippen LogP contribution in [-0.2, 0) is 13.0 Å². The van der Waals surface area contributed by atoms with Crippen LogP contribution in [0.2, 0.25) is 0 Å². The highest BCUT2D eigenvalue weighted by molar-refractivity contribution is 5.56. The van der Waals surface area contributed by atoms with Crippen molar-refractivity contribution in [1.29, 1.82) is 0 Å². The first-order valence-corrected chi connectivity index (χ1v) is 7.94. The molecular formula is C19H24N2. The van der Waals surface area contributed by atoms with E-state index in [0.717, 1.165) is 19.6 Å². The van der Waals surface area contributed by atoms with Crippen molar-refractivity contribution in [2.45, 2.75) is 32.4 Å². The van der Waals surface area contributed by atoms with E-state index >= 15 is 0 Å². The molecule has 0 radical (unpaired) electrons. The molecular weight excluding hydrogens is 256 g/mol. The standard InChI is InChI=1S/C19H24N2/c1-16-11-12-18-9-5-6-10-19(18)21(16)14-13-20-15-17-7-3-2-4-8-17/h2-10,16,20H,11-15H2,1H3/t16-/m0/s1. The molecule has 1 aliphatic rings. The van der Waals surface area contributed by atoms with Crippen molar-refractivity contribution in [3.8, 4) is 0 Å². The smallest absolute Gasteiger partial charge is 0.0401 e. The summed E-state index contributed by atoms with van der Waals surface area (Å²) in [6, 6.07) is 20.1. The molecule has 1 N–H and O–H groups in total. The number of aryl methyl sites for hydroxylation is 1. The molecule has 110 valence electrons. The molecule has 2 aromatic carbocycles. The van der Waals surface area contributed by atoms with Gasteiger partial charge < -0.3 is 10.2 Å². The van der Waals surface area contributed by atoms with Crippen LogP contribution in [0, 0.1) is 0 Å². The fourth-order valence-electron chi connectivity index (χ4n) is 3.13. The Morgan fingerprint density at radius 1 is 1.05 bits per heavy atom. The molecule has 0 saturated heterocycles. The molecule has 0 unspecified atom stereocenters. The predicted octanol–water partition coefficient (Wildman–Crippen LogP) is 3.62. The van der Waals surface area contributed by atoms with Gasteiger partial charge in [0, 0.05) is 31.4 Å². The number of rotatable bonds is 5. The minimum atomic E-state index is 0.637. The van der Waals surface area contributed by atoms with Gasteiger partial charge in [0.2, 0.25) is 0 Å². The second-order valence-corrected chi connectivity index (χ2v) is 5.87. The number of hydrogen-bond donors (Lipinski definition) is 1. The van der Waals surface area contributed by atoms with Crippen LogP contribution < -0.4 is 10.2 Å². The van der Waals surface area contributed by atoms with E-state index in [4.69, 9.17) is 0 Å². The zero-order chi connectivity index (χ0) is 14.5. The highest BCUT2D eigenvalue weighted by Crippen LogP contribution is 2.29. The molecule has 2 heteroatoms. The normalized spacial score (nSPS) is 17.6. The molecule has 0 fully saturated rings. The summed E-state index contributed by atoms with van der Waals surface area (Å²) in [6.45, 7) is 5.39. The van der Waals surface area contributed by atoms with E-state index in [1.54, 1.807) is 0 Å². The molecule has 0 aromatic heterocycles. The summed E-state index contributed by atoms with van der Waals surface area (Å²) in [4.78, 5) is 2.55. The van der Waals surface area contributed by atoms with E-state index in [1.807, 2.05) is 0 Å². The molecule has 0 bridgehead atoms. The van der Waals surface area contributed by atoms with E-state index in [1.165, 1.54) is 29.7 Å². The molecule has 1 atom stereocenters. The maximum atomic E-state index is 3.56. The third kappa shape index (κ3) is 3.45. The summed E-state index contributed by atoms with van der Waals surface area (Å²) < 4.78 is 0. The third-order valence-electron chi connectivity index (χ3n) is 4.37. The molecule has 1 aliphatic heterocycles. The van der Waals surface area contributed by atoms with Crippen molar-refractivity contribution in [2.24, 2.45) is 0 Å². The predicted molar refractivity (Wildman–Crippen MR) is 89.7 cm³/mol. The van der Waals surface area contributed by atoms with Crippen LogP contribution in [0.15, 0.2) is 54.6 Å². The van der Waals surface area contributed by atoms with Gasteiger partial charge in [0.15, 0.2) is 0 Å². The Kier molecular flexibility index (Phi) is 4.56. The van der Waals surface area contributed by atoms with Crippen LogP contribution in [0.4, 0.5) is 5.69 Å². The van der Waals surface area contributed by atoms with E-state index in [2.05, 4.69) is 71.7 Å². The van der Waals surface area contributed by atoms with E-state index < -0.39 is 0 Å². The summed E-state index contributed by atoms with van der Waals surface area (Å²) >= 11 is 0. The number of nitrogens with one attached hydrogen (secondary N) is 1. The first-order chi connectivity index (χ1) is 10.3. The van der Waals surface area contributed by atoms with E-state index in [0.29, 0.717) is 6.04 Å². The Morgan fingerprint density at radius 3 is 2.67 bits per heavy atom. The van der Waals surface area contributed by atoms with E-state index in [9.17, 15) is 0 Å². The van der Waals surface area contributed by atoms with Gasteiger partial charge in [-0.1, -0.05) is 48.5 Å². The highest BCUT2D eigenvalue weighted by atomic mass is 15.2. The quantitative estimate of drug-likeness (QED) is 0.842. The Hall–Kier alpha value is -1.80. The van der Waals surface area contributed by atoms with Crippen LogP contribution in [0.25, 0.3) is 0 Å². The summed E-state index contributed by atoms with van der Waals surface area (Å²) in [7, 11) is 0. The van der Waals surface area contributed by atoms with Crippen molar-refractivity contribution in [3.63, 3.8) is 0 Å². The monoisotopic (exact) mass is 280 g/mol. The molecule has 21 heavy (non-hydrogen) atoms. The molecule has 0 amide bonds. The minimum absolute atomic E-state index is 0.637. The van der Waals surface area contributed by atoms with Gasteiger partial charge in [0.25, 0.3) is 0 Å². The fraction of sp³-hybridized carbons (Fsp3) is 0.368. The van der Waals surface area contributed by atoms with Crippen molar-refractivity contribution in [2.75, 3.05) is 18.0 Å². The maximum Gasteiger partial charge on any atom is 0.0401 e. The molecule has 0 spiro atoms. The first kappa shape index (κ1) is 14.2. The number of fused-ring (bicyclic) bond motifs is 1. The largest absolute Gasteiger partial charge is 0.367 e. The van der Waals surface area contributed by atoms with Crippen LogP contribution in [0.3, 0.4) is 0 Å². The summed E-state index contributed by atoms with van der Waals surface area (Å²) in [5.74, 6) is 0.